The molecule has 1 saturated heterocycles. The van der Waals surface area contributed by atoms with Crippen molar-refractivity contribution in [1.82, 2.24) is 0 Å². The molecule has 0 amide bonds. The summed E-state index contributed by atoms with van der Waals surface area (Å²) >= 11 is 0. The Kier molecular flexibility index (Phi) is 10.7. The summed E-state index contributed by atoms with van der Waals surface area (Å²) in [5.74, 6) is 0.249. The first-order chi connectivity index (χ1) is 19.2. The molecule has 2 unspecified atom stereocenters. The number of ether oxygens (including phenoxy) is 2. The highest BCUT2D eigenvalue weighted by Gasteiger charge is 2.39. The lowest BCUT2D eigenvalue weighted by Crippen LogP contribution is -2.49. The summed E-state index contributed by atoms with van der Waals surface area (Å²) in [6.07, 6.45) is 3.32. The average Bonchev–Trinajstić information content (AvgIpc) is 2.96. The van der Waals surface area contributed by atoms with Gasteiger partial charge in [-0.1, -0.05) is 50.3 Å². The lowest BCUT2D eigenvalue weighted by molar-refractivity contribution is -0.140. The van der Waals surface area contributed by atoms with E-state index in [1.807, 2.05) is 4.90 Å². The summed E-state index contributed by atoms with van der Waals surface area (Å²) in [5.41, 5.74) is 4.96. The van der Waals surface area contributed by atoms with Gasteiger partial charge in [-0.05, 0) is 43.2 Å². The SMILES string of the molecule is COCCCO[C@@H](c1ccccc1C(F)(F)F)C1CCCN(c2c(NC(CN)CC3CCCCC3)c(=O)c2=O)C1. The van der Waals surface area contributed by atoms with Gasteiger partial charge < -0.3 is 25.4 Å². The second-order valence-corrected chi connectivity index (χ2v) is 11.3. The highest BCUT2D eigenvalue weighted by atomic mass is 19.4. The second kappa shape index (κ2) is 14.0. The molecule has 2 aliphatic rings. The third-order valence-electron chi connectivity index (χ3n) is 8.43. The summed E-state index contributed by atoms with van der Waals surface area (Å²) in [7, 11) is 1.57. The van der Waals surface area contributed by atoms with Crippen molar-refractivity contribution in [3.05, 3.63) is 55.8 Å². The smallest absolute Gasteiger partial charge is 0.385 e. The Labute approximate surface area is 233 Å². The van der Waals surface area contributed by atoms with Gasteiger partial charge in [0.2, 0.25) is 0 Å². The van der Waals surface area contributed by atoms with Crippen molar-refractivity contribution >= 4 is 11.4 Å². The molecule has 2 aromatic rings. The third-order valence-corrected chi connectivity index (χ3v) is 8.43. The van der Waals surface area contributed by atoms with Crippen molar-refractivity contribution < 1.29 is 22.6 Å². The average molecular weight is 566 g/mol. The van der Waals surface area contributed by atoms with Crippen molar-refractivity contribution in [3.63, 3.8) is 0 Å². The summed E-state index contributed by atoms with van der Waals surface area (Å²) in [5, 5.41) is 3.28. The van der Waals surface area contributed by atoms with E-state index in [1.165, 1.54) is 31.4 Å². The van der Waals surface area contributed by atoms with Crippen LogP contribution in [0.5, 0.6) is 0 Å². The summed E-state index contributed by atoms with van der Waals surface area (Å²) in [6, 6.07) is 5.42. The topological polar surface area (TPSA) is 93.9 Å². The predicted molar refractivity (Wildman–Crippen MR) is 151 cm³/mol. The number of hydrogen-bond donors (Lipinski definition) is 2. The van der Waals surface area contributed by atoms with Crippen LogP contribution in [0.15, 0.2) is 33.9 Å². The van der Waals surface area contributed by atoms with Gasteiger partial charge in [-0.2, -0.15) is 13.2 Å². The van der Waals surface area contributed by atoms with E-state index in [9.17, 15) is 22.8 Å². The van der Waals surface area contributed by atoms with Crippen molar-refractivity contribution in [3.8, 4) is 0 Å². The third kappa shape index (κ3) is 7.25. The first kappa shape index (κ1) is 30.5. The number of anilines is 2. The van der Waals surface area contributed by atoms with Crippen molar-refractivity contribution in [1.29, 1.82) is 0 Å². The number of nitrogens with two attached hydrogens (primary N) is 1. The minimum atomic E-state index is -4.52. The van der Waals surface area contributed by atoms with Crippen LogP contribution in [-0.2, 0) is 15.7 Å². The van der Waals surface area contributed by atoms with Gasteiger partial charge in [-0.3, -0.25) is 9.59 Å². The number of hydrogen-bond acceptors (Lipinski definition) is 7. The van der Waals surface area contributed by atoms with Crippen LogP contribution in [0, 0.1) is 11.8 Å². The standard InChI is InChI=1S/C30H42F3N3O4/c1-39-15-8-16-40-29(23-12-5-6-13-24(23)30(31,32)33)21-11-7-14-36(19-21)26-25(27(37)28(26)38)35-22(18-34)17-20-9-3-2-4-10-20/h5-6,12-13,20-22,29,35H,2-4,7-11,14-19,34H2,1H3/t21?,22?,29-/m1/s1. The number of benzene rings is 1. The van der Waals surface area contributed by atoms with Crippen LogP contribution in [0.25, 0.3) is 0 Å². The Balaban J connectivity index is 1.54. The van der Waals surface area contributed by atoms with Gasteiger partial charge in [-0.15, -0.1) is 0 Å². The van der Waals surface area contributed by atoms with Gasteiger partial charge >= 0.3 is 6.18 Å². The molecular formula is C30H42F3N3O4. The van der Waals surface area contributed by atoms with Crippen LogP contribution < -0.4 is 26.8 Å². The molecule has 1 aliphatic heterocycles. The Morgan fingerprint density at radius 2 is 1.80 bits per heavy atom. The molecule has 3 atom stereocenters. The minimum Gasteiger partial charge on any atom is -0.385 e. The highest BCUT2D eigenvalue weighted by Crippen LogP contribution is 2.41. The van der Waals surface area contributed by atoms with E-state index in [4.69, 9.17) is 15.2 Å². The molecule has 4 rings (SSSR count). The fourth-order valence-electron chi connectivity index (χ4n) is 6.42. The molecule has 0 spiro atoms. The Morgan fingerprint density at radius 3 is 2.50 bits per heavy atom. The number of nitrogens with one attached hydrogen (secondary N) is 1. The number of methoxy groups -OCH3 is 1. The van der Waals surface area contributed by atoms with Gasteiger partial charge in [0.1, 0.15) is 11.4 Å². The Bertz CT molecular complexity index is 1160. The summed E-state index contributed by atoms with van der Waals surface area (Å²) in [6.45, 7) is 1.89. The normalized spacial score (nSPS) is 20.5. The van der Waals surface area contributed by atoms with Crippen molar-refractivity contribution in [2.45, 2.75) is 76.1 Å². The van der Waals surface area contributed by atoms with Gasteiger partial charge in [0.15, 0.2) is 0 Å². The lowest BCUT2D eigenvalue weighted by Gasteiger charge is -2.40. The largest absolute Gasteiger partial charge is 0.416 e. The van der Waals surface area contributed by atoms with Gasteiger partial charge in [-0.25, -0.2) is 0 Å². The molecule has 0 bridgehead atoms. The van der Waals surface area contributed by atoms with E-state index in [2.05, 4.69) is 5.32 Å². The first-order valence-corrected chi connectivity index (χ1v) is 14.6. The van der Waals surface area contributed by atoms with Crippen LogP contribution in [0.2, 0.25) is 0 Å². The van der Waals surface area contributed by atoms with E-state index in [-0.39, 0.29) is 24.1 Å². The number of alkyl halides is 3. The zero-order valence-electron chi connectivity index (χ0n) is 23.3. The fraction of sp³-hybridized carbons (Fsp3) is 0.667. The molecule has 1 heterocycles. The molecule has 10 heteroatoms. The fourth-order valence-corrected chi connectivity index (χ4v) is 6.42. The summed E-state index contributed by atoms with van der Waals surface area (Å²) < 4.78 is 53.1. The molecule has 2 fully saturated rings. The minimum absolute atomic E-state index is 0.0956. The van der Waals surface area contributed by atoms with E-state index >= 15 is 0 Å². The van der Waals surface area contributed by atoms with E-state index < -0.39 is 28.7 Å². The molecule has 2 aromatic carbocycles. The van der Waals surface area contributed by atoms with Crippen LogP contribution in [-0.4, -0.2) is 46.0 Å². The maximum absolute atomic E-state index is 14.0. The number of halogens is 3. The predicted octanol–water partition coefficient (Wildman–Crippen LogP) is 5.02. The van der Waals surface area contributed by atoms with E-state index in [1.54, 1.807) is 13.2 Å². The van der Waals surface area contributed by atoms with Crippen molar-refractivity contribution in [2.75, 3.05) is 50.2 Å². The Morgan fingerprint density at radius 1 is 1.05 bits per heavy atom. The molecular weight excluding hydrogens is 523 g/mol. The molecule has 1 saturated carbocycles. The zero-order chi connectivity index (χ0) is 28.7. The highest BCUT2D eigenvalue weighted by molar-refractivity contribution is 5.75. The molecule has 3 N–H and O–H groups in total. The van der Waals surface area contributed by atoms with Gasteiger partial charge in [0, 0.05) is 51.9 Å². The number of rotatable bonds is 13. The maximum Gasteiger partial charge on any atom is 0.416 e. The first-order valence-electron chi connectivity index (χ1n) is 14.6. The van der Waals surface area contributed by atoms with Gasteiger partial charge in [0.05, 0.1) is 11.7 Å². The molecule has 222 valence electrons. The molecule has 40 heavy (non-hydrogen) atoms. The van der Waals surface area contributed by atoms with E-state index in [0.29, 0.717) is 62.8 Å². The van der Waals surface area contributed by atoms with Crippen LogP contribution in [0.3, 0.4) is 0 Å². The number of piperidine rings is 1. The summed E-state index contributed by atoms with van der Waals surface area (Å²) in [4.78, 5) is 27.3. The molecule has 1 aliphatic carbocycles. The monoisotopic (exact) mass is 565 g/mol. The molecule has 0 radical (unpaired) electrons. The number of nitrogens with zero attached hydrogens (tertiary/aromatic N) is 1. The quantitative estimate of drug-likeness (QED) is 0.260. The van der Waals surface area contributed by atoms with E-state index in [0.717, 1.165) is 25.3 Å². The maximum atomic E-state index is 14.0. The Hall–Kier alpha value is -2.43. The van der Waals surface area contributed by atoms with Crippen LogP contribution >= 0.6 is 0 Å². The van der Waals surface area contributed by atoms with Crippen LogP contribution in [0.4, 0.5) is 24.5 Å². The van der Waals surface area contributed by atoms with Crippen molar-refractivity contribution in [2.24, 2.45) is 17.6 Å². The molecule has 7 nitrogen and oxygen atoms in total. The second-order valence-electron chi connectivity index (χ2n) is 11.3. The molecule has 0 aromatic heterocycles. The van der Waals surface area contributed by atoms with Crippen LogP contribution in [0.1, 0.15) is 75.0 Å². The lowest BCUT2D eigenvalue weighted by atomic mass is 9.84. The zero-order valence-corrected chi connectivity index (χ0v) is 23.3. The van der Waals surface area contributed by atoms with Gasteiger partial charge in [0.25, 0.3) is 10.9 Å².